The lowest BCUT2D eigenvalue weighted by Gasteiger charge is -2.33. The molecule has 140 valence electrons. The van der Waals surface area contributed by atoms with Crippen LogP contribution in [0.4, 0.5) is 4.79 Å². The van der Waals surface area contributed by atoms with Crippen LogP contribution < -0.4 is 5.32 Å². The first kappa shape index (κ1) is 18.2. The van der Waals surface area contributed by atoms with Gasteiger partial charge in [-0.15, -0.1) is 0 Å². The summed E-state index contributed by atoms with van der Waals surface area (Å²) in [5.74, 6) is 0. The SMILES string of the molecule is CCCCOC(=O)NCc1cc2n(n1)CCCN(C1CCCCC1)C2. The molecular weight excluding hydrogens is 316 g/mol. The number of ether oxygens (including phenoxy) is 1. The Morgan fingerprint density at radius 1 is 1.28 bits per heavy atom. The van der Waals surface area contributed by atoms with Gasteiger partial charge >= 0.3 is 6.09 Å². The fourth-order valence-corrected chi connectivity index (χ4v) is 3.91. The van der Waals surface area contributed by atoms with E-state index in [1.807, 2.05) is 0 Å². The molecule has 0 aromatic carbocycles. The molecule has 0 spiro atoms. The molecule has 6 nitrogen and oxygen atoms in total. The molecule has 1 saturated carbocycles. The second-order valence-electron chi connectivity index (χ2n) is 7.31. The topological polar surface area (TPSA) is 59.4 Å². The van der Waals surface area contributed by atoms with Crippen molar-refractivity contribution in [1.82, 2.24) is 20.0 Å². The number of hydrogen-bond donors (Lipinski definition) is 1. The van der Waals surface area contributed by atoms with Crippen LogP contribution in [0.2, 0.25) is 0 Å². The van der Waals surface area contributed by atoms with Crippen LogP contribution in [-0.4, -0.2) is 40.0 Å². The average molecular weight is 348 g/mol. The monoisotopic (exact) mass is 348 g/mol. The number of nitrogens with one attached hydrogen (secondary N) is 1. The molecule has 1 aromatic rings. The van der Waals surface area contributed by atoms with Crippen LogP contribution in [0.5, 0.6) is 0 Å². The van der Waals surface area contributed by atoms with Crippen molar-refractivity contribution in [2.45, 2.75) is 84.0 Å². The Bertz CT molecular complexity index is 552. The lowest BCUT2D eigenvalue weighted by Crippen LogP contribution is -2.36. The minimum Gasteiger partial charge on any atom is -0.450 e. The number of rotatable bonds is 6. The number of amides is 1. The van der Waals surface area contributed by atoms with Crippen molar-refractivity contribution in [2.24, 2.45) is 0 Å². The molecule has 1 aliphatic heterocycles. The van der Waals surface area contributed by atoms with E-state index < -0.39 is 0 Å². The van der Waals surface area contributed by atoms with Crippen LogP contribution in [0.1, 0.15) is 69.7 Å². The second-order valence-corrected chi connectivity index (χ2v) is 7.31. The molecule has 0 bridgehead atoms. The Morgan fingerprint density at radius 2 is 2.12 bits per heavy atom. The van der Waals surface area contributed by atoms with Crippen LogP contribution in [-0.2, 0) is 24.4 Å². The highest BCUT2D eigenvalue weighted by Crippen LogP contribution is 2.25. The van der Waals surface area contributed by atoms with Crippen LogP contribution in [0, 0.1) is 0 Å². The molecule has 0 atom stereocenters. The van der Waals surface area contributed by atoms with Crippen LogP contribution in [0.3, 0.4) is 0 Å². The minimum atomic E-state index is -0.347. The largest absolute Gasteiger partial charge is 0.450 e. The van der Waals surface area contributed by atoms with Crippen molar-refractivity contribution in [3.8, 4) is 0 Å². The number of carbonyl (C=O) groups excluding carboxylic acids is 1. The predicted octanol–water partition coefficient (Wildman–Crippen LogP) is 3.45. The Hall–Kier alpha value is -1.56. The van der Waals surface area contributed by atoms with Crippen LogP contribution in [0.25, 0.3) is 0 Å². The van der Waals surface area contributed by atoms with Gasteiger partial charge in [-0.2, -0.15) is 5.10 Å². The minimum absolute atomic E-state index is 0.347. The third-order valence-corrected chi connectivity index (χ3v) is 5.33. The van der Waals surface area contributed by atoms with E-state index in [4.69, 9.17) is 4.74 Å². The molecule has 1 fully saturated rings. The third-order valence-electron chi connectivity index (χ3n) is 5.33. The molecule has 0 unspecified atom stereocenters. The molecule has 1 aromatic heterocycles. The number of aryl methyl sites for hydroxylation is 1. The van der Waals surface area contributed by atoms with Gasteiger partial charge in [0, 0.05) is 25.7 Å². The molecule has 0 radical (unpaired) electrons. The summed E-state index contributed by atoms with van der Waals surface area (Å²) in [6, 6.07) is 2.89. The number of alkyl carbamates (subject to hydrolysis) is 1. The summed E-state index contributed by atoms with van der Waals surface area (Å²) >= 11 is 0. The Kier molecular flexibility index (Phi) is 6.73. The number of unbranched alkanes of at least 4 members (excludes halogenated alkanes) is 1. The fraction of sp³-hybridized carbons (Fsp3) is 0.789. The van der Waals surface area contributed by atoms with E-state index >= 15 is 0 Å². The van der Waals surface area contributed by atoms with Gasteiger partial charge in [-0.1, -0.05) is 32.6 Å². The van der Waals surface area contributed by atoms with E-state index in [0.29, 0.717) is 13.2 Å². The van der Waals surface area contributed by atoms with Gasteiger partial charge in [-0.05, 0) is 31.7 Å². The predicted molar refractivity (Wildman–Crippen MR) is 97.2 cm³/mol. The van der Waals surface area contributed by atoms with E-state index in [1.54, 1.807) is 0 Å². The molecule has 2 heterocycles. The number of carbonyl (C=O) groups is 1. The molecule has 0 saturated heterocycles. The van der Waals surface area contributed by atoms with Gasteiger partial charge in [0.05, 0.1) is 24.5 Å². The zero-order chi connectivity index (χ0) is 17.5. The number of fused-ring (bicyclic) bond motifs is 1. The summed E-state index contributed by atoms with van der Waals surface area (Å²) in [5.41, 5.74) is 2.20. The summed E-state index contributed by atoms with van der Waals surface area (Å²) in [7, 11) is 0. The molecule has 1 N–H and O–H groups in total. The van der Waals surface area contributed by atoms with Gasteiger partial charge in [0.15, 0.2) is 0 Å². The lowest BCUT2D eigenvalue weighted by atomic mass is 9.94. The second kappa shape index (κ2) is 9.22. The smallest absolute Gasteiger partial charge is 0.407 e. The van der Waals surface area contributed by atoms with Crippen molar-refractivity contribution in [1.29, 1.82) is 0 Å². The van der Waals surface area contributed by atoms with E-state index in [-0.39, 0.29) is 6.09 Å². The molecule has 3 rings (SSSR count). The summed E-state index contributed by atoms with van der Waals surface area (Å²) in [6.07, 6.45) is 9.55. The van der Waals surface area contributed by atoms with Gasteiger partial charge in [0.2, 0.25) is 0 Å². The average Bonchev–Trinajstić information content (AvgIpc) is 2.91. The van der Waals surface area contributed by atoms with Crippen molar-refractivity contribution in [3.05, 3.63) is 17.5 Å². The zero-order valence-corrected chi connectivity index (χ0v) is 15.5. The van der Waals surface area contributed by atoms with Crippen molar-refractivity contribution in [2.75, 3.05) is 13.2 Å². The molecule has 1 amide bonds. The molecule has 2 aliphatic rings. The zero-order valence-electron chi connectivity index (χ0n) is 15.5. The van der Waals surface area contributed by atoms with Crippen molar-refractivity contribution >= 4 is 6.09 Å². The molecule has 25 heavy (non-hydrogen) atoms. The summed E-state index contributed by atoms with van der Waals surface area (Å²) in [6.45, 7) is 6.13. The summed E-state index contributed by atoms with van der Waals surface area (Å²) < 4.78 is 7.26. The Labute approximate surface area is 150 Å². The van der Waals surface area contributed by atoms with Gasteiger partial charge < -0.3 is 10.1 Å². The quantitative estimate of drug-likeness (QED) is 0.800. The first-order valence-corrected chi connectivity index (χ1v) is 9.96. The maximum atomic E-state index is 11.7. The summed E-state index contributed by atoms with van der Waals surface area (Å²) in [4.78, 5) is 14.3. The highest BCUT2D eigenvalue weighted by molar-refractivity contribution is 5.67. The Morgan fingerprint density at radius 3 is 2.92 bits per heavy atom. The standard InChI is InChI=1S/C19H32N4O2/c1-2-3-12-25-19(24)20-14-16-13-18-15-22(10-7-11-23(18)21-16)17-8-5-4-6-9-17/h13,17H,2-12,14-15H2,1H3,(H,20,24). The normalized spacial score (nSPS) is 19.2. The summed E-state index contributed by atoms with van der Waals surface area (Å²) in [5, 5.41) is 7.49. The van der Waals surface area contributed by atoms with E-state index in [2.05, 4.69) is 33.0 Å². The van der Waals surface area contributed by atoms with Gasteiger partial charge in [-0.3, -0.25) is 9.58 Å². The number of hydrogen-bond acceptors (Lipinski definition) is 4. The number of aromatic nitrogens is 2. The first-order valence-electron chi connectivity index (χ1n) is 9.96. The molecule has 1 aliphatic carbocycles. The molecular formula is C19H32N4O2. The fourth-order valence-electron chi connectivity index (χ4n) is 3.91. The van der Waals surface area contributed by atoms with E-state index in [0.717, 1.165) is 44.1 Å². The molecule has 6 heteroatoms. The van der Waals surface area contributed by atoms with Gasteiger partial charge in [0.1, 0.15) is 0 Å². The van der Waals surface area contributed by atoms with Gasteiger partial charge in [0.25, 0.3) is 0 Å². The van der Waals surface area contributed by atoms with Gasteiger partial charge in [-0.25, -0.2) is 4.79 Å². The highest BCUT2D eigenvalue weighted by atomic mass is 16.5. The van der Waals surface area contributed by atoms with E-state index in [1.165, 1.54) is 44.3 Å². The number of nitrogens with zero attached hydrogens (tertiary/aromatic N) is 3. The van der Waals surface area contributed by atoms with Crippen molar-refractivity contribution in [3.63, 3.8) is 0 Å². The van der Waals surface area contributed by atoms with Crippen molar-refractivity contribution < 1.29 is 9.53 Å². The Balaban J connectivity index is 1.53. The maximum absolute atomic E-state index is 11.7. The third kappa shape index (κ3) is 5.21. The van der Waals surface area contributed by atoms with Crippen LogP contribution >= 0.6 is 0 Å². The highest BCUT2D eigenvalue weighted by Gasteiger charge is 2.24. The van der Waals surface area contributed by atoms with Crippen LogP contribution in [0.15, 0.2) is 6.07 Å². The van der Waals surface area contributed by atoms with E-state index in [9.17, 15) is 4.79 Å². The first-order chi connectivity index (χ1) is 12.3. The lowest BCUT2D eigenvalue weighted by molar-refractivity contribution is 0.144. The maximum Gasteiger partial charge on any atom is 0.407 e.